The summed E-state index contributed by atoms with van der Waals surface area (Å²) in [5.41, 5.74) is 2.51. The molecule has 204 valence electrons. The van der Waals surface area contributed by atoms with Crippen LogP contribution >= 0.6 is 0 Å². The van der Waals surface area contributed by atoms with E-state index in [0.29, 0.717) is 31.0 Å². The van der Waals surface area contributed by atoms with E-state index in [0.717, 1.165) is 23.8 Å². The van der Waals surface area contributed by atoms with E-state index < -0.39 is 16.1 Å². The van der Waals surface area contributed by atoms with E-state index in [4.69, 9.17) is 4.74 Å². The molecule has 8 nitrogen and oxygen atoms in total. The third-order valence-corrected chi connectivity index (χ3v) is 7.39. The molecule has 9 heteroatoms. The summed E-state index contributed by atoms with van der Waals surface area (Å²) in [6.07, 6.45) is 2.35. The van der Waals surface area contributed by atoms with Crippen LogP contribution in [0.3, 0.4) is 0 Å². The van der Waals surface area contributed by atoms with E-state index in [1.807, 2.05) is 52.0 Å². The van der Waals surface area contributed by atoms with E-state index in [1.165, 1.54) is 4.31 Å². The van der Waals surface area contributed by atoms with Gasteiger partial charge in [-0.15, -0.1) is 0 Å². The smallest absolute Gasteiger partial charge is 0.242 e. The molecule has 0 saturated carbocycles. The van der Waals surface area contributed by atoms with Gasteiger partial charge in [0, 0.05) is 25.6 Å². The quantitative estimate of drug-likeness (QED) is 0.393. The van der Waals surface area contributed by atoms with Gasteiger partial charge < -0.3 is 15.0 Å². The molecule has 2 amide bonds. The van der Waals surface area contributed by atoms with Gasteiger partial charge in [0.2, 0.25) is 21.8 Å². The Morgan fingerprint density at radius 1 is 1.05 bits per heavy atom. The van der Waals surface area contributed by atoms with Crippen molar-refractivity contribution in [2.75, 3.05) is 23.7 Å². The Hall–Kier alpha value is -3.07. The molecule has 0 heterocycles. The largest absolute Gasteiger partial charge is 0.494 e. The second kappa shape index (κ2) is 14.0. The molecule has 0 aliphatic carbocycles. The number of benzene rings is 2. The van der Waals surface area contributed by atoms with Crippen LogP contribution in [0.2, 0.25) is 0 Å². The number of carbonyl (C=O) groups is 2. The van der Waals surface area contributed by atoms with Crippen LogP contribution in [0.4, 0.5) is 5.69 Å². The molecule has 0 radical (unpaired) electrons. The molecular weight excluding hydrogens is 490 g/mol. The number of amides is 2. The Morgan fingerprint density at radius 2 is 1.73 bits per heavy atom. The normalized spacial score (nSPS) is 12.9. The zero-order valence-corrected chi connectivity index (χ0v) is 23.7. The van der Waals surface area contributed by atoms with E-state index in [-0.39, 0.29) is 30.8 Å². The van der Waals surface area contributed by atoms with E-state index in [1.54, 1.807) is 36.1 Å². The topological polar surface area (TPSA) is 96.0 Å². The average Bonchev–Trinajstić information content (AvgIpc) is 2.84. The Morgan fingerprint density at radius 3 is 2.30 bits per heavy atom. The van der Waals surface area contributed by atoms with Gasteiger partial charge in [0.05, 0.1) is 18.6 Å². The maximum atomic E-state index is 13.4. The van der Waals surface area contributed by atoms with E-state index in [9.17, 15) is 18.0 Å². The number of hydrogen-bond acceptors (Lipinski definition) is 5. The molecule has 0 bridgehead atoms. The Balaban J connectivity index is 2.16. The lowest BCUT2D eigenvalue weighted by molar-refractivity contribution is -0.140. The summed E-state index contributed by atoms with van der Waals surface area (Å²) in [5, 5.41) is 2.96. The van der Waals surface area contributed by atoms with Crippen molar-refractivity contribution in [2.24, 2.45) is 0 Å². The van der Waals surface area contributed by atoms with Gasteiger partial charge >= 0.3 is 0 Å². The van der Waals surface area contributed by atoms with Crippen molar-refractivity contribution in [1.29, 1.82) is 0 Å². The van der Waals surface area contributed by atoms with Crippen molar-refractivity contribution >= 4 is 27.5 Å². The first-order valence-electron chi connectivity index (χ1n) is 12.8. The van der Waals surface area contributed by atoms with Crippen LogP contribution < -0.4 is 14.4 Å². The third-order valence-electron chi connectivity index (χ3n) is 6.19. The van der Waals surface area contributed by atoms with Gasteiger partial charge in [-0.1, -0.05) is 36.8 Å². The minimum Gasteiger partial charge on any atom is -0.494 e. The molecule has 2 atom stereocenters. The highest BCUT2D eigenvalue weighted by Gasteiger charge is 2.27. The predicted octanol–water partition coefficient (Wildman–Crippen LogP) is 4.27. The highest BCUT2D eigenvalue weighted by molar-refractivity contribution is 7.92. The highest BCUT2D eigenvalue weighted by atomic mass is 32.2. The van der Waals surface area contributed by atoms with Crippen LogP contribution in [0.15, 0.2) is 48.5 Å². The van der Waals surface area contributed by atoms with Gasteiger partial charge in [-0.25, -0.2) is 8.42 Å². The fourth-order valence-corrected chi connectivity index (χ4v) is 4.90. The Labute approximate surface area is 222 Å². The summed E-state index contributed by atoms with van der Waals surface area (Å²) in [6, 6.07) is 14.0. The number of hydrogen-bond donors (Lipinski definition) is 1. The van der Waals surface area contributed by atoms with Crippen LogP contribution in [0.1, 0.15) is 58.1 Å². The zero-order valence-electron chi connectivity index (χ0n) is 22.9. The lowest BCUT2D eigenvalue weighted by Crippen LogP contribution is -2.49. The van der Waals surface area contributed by atoms with Crippen LogP contribution in [0.5, 0.6) is 5.75 Å². The average molecular weight is 532 g/mol. The zero-order chi connectivity index (χ0) is 27.6. The Kier molecular flexibility index (Phi) is 11.4. The molecule has 0 spiro atoms. The lowest BCUT2D eigenvalue weighted by atomic mass is 10.1. The minimum absolute atomic E-state index is 0.00306. The molecule has 0 aromatic heterocycles. The maximum absolute atomic E-state index is 13.4. The molecule has 0 unspecified atom stereocenters. The van der Waals surface area contributed by atoms with Gasteiger partial charge in [0.1, 0.15) is 11.8 Å². The molecule has 0 aliphatic heterocycles. The molecule has 0 fully saturated rings. The minimum atomic E-state index is -3.56. The van der Waals surface area contributed by atoms with E-state index in [2.05, 4.69) is 5.32 Å². The van der Waals surface area contributed by atoms with Crippen LogP contribution in [-0.2, 0) is 26.2 Å². The SMILES string of the molecule is CCOc1ccc(N(CCCC(=O)N(Cc2cccc(C)c2)[C@@H](C)C(=O)N[C@H](C)CC)S(C)(=O)=O)cc1. The number of nitrogens with one attached hydrogen (secondary N) is 1. The van der Waals surface area contributed by atoms with Crippen molar-refractivity contribution in [1.82, 2.24) is 10.2 Å². The first-order chi connectivity index (χ1) is 17.5. The number of carbonyl (C=O) groups excluding carboxylic acids is 2. The highest BCUT2D eigenvalue weighted by Crippen LogP contribution is 2.22. The number of anilines is 1. The first-order valence-corrected chi connectivity index (χ1v) is 14.7. The van der Waals surface area contributed by atoms with Crippen molar-refractivity contribution in [3.05, 3.63) is 59.7 Å². The molecular formula is C28H41N3O5S. The van der Waals surface area contributed by atoms with Crippen molar-refractivity contribution in [3.8, 4) is 5.75 Å². The van der Waals surface area contributed by atoms with Gasteiger partial charge in [0.15, 0.2) is 0 Å². The lowest BCUT2D eigenvalue weighted by Gasteiger charge is -2.30. The standard InChI is InChI=1S/C28H41N3O5S/c1-7-22(4)29-28(33)23(5)30(20-24-12-9-11-21(3)19-24)27(32)13-10-18-31(37(6,34)35)25-14-16-26(17-15-25)36-8-2/h9,11-12,14-17,19,22-23H,7-8,10,13,18,20H2,1-6H3,(H,29,33)/t22-,23+/m1/s1. The number of ether oxygens (including phenoxy) is 1. The van der Waals surface area contributed by atoms with Crippen LogP contribution in [-0.4, -0.2) is 56.6 Å². The van der Waals surface area contributed by atoms with Gasteiger partial charge in [-0.05, 0) is 70.4 Å². The fourth-order valence-electron chi connectivity index (χ4n) is 3.93. The number of rotatable bonds is 14. The van der Waals surface area contributed by atoms with Crippen molar-refractivity contribution in [2.45, 2.75) is 72.5 Å². The number of aryl methyl sites for hydroxylation is 1. The molecule has 2 rings (SSSR count). The molecule has 1 N–H and O–H groups in total. The monoisotopic (exact) mass is 531 g/mol. The van der Waals surface area contributed by atoms with E-state index >= 15 is 0 Å². The molecule has 2 aromatic rings. The summed E-state index contributed by atoms with van der Waals surface area (Å²) < 4.78 is 31.7. The second-order valence-corrected chi connectivity index (χ2v) is 11.3. The van der Waals surface area contributed by atoms with Gasteiger partial charge in [-0.3, -0.25) is 13.9 Å². The van der Waals surface area contributed by atoms with Gasteiger partial charge in [-0.2, -0.15) is 0 Å². The van der Waals surface area contributed by atoms with Crippen LogP contribution in [0, 0.1) is 6.92 Å². The molecule has 37 heavy (non-hydrogen) atoms. The molecule has 2 aromatic carbocycles. The summed E-state index contributed by atoms with van der Waals surface area (Å²) in [7, 11) is -3.56. The number of sulfonamides is 1. The summed E-state index contributed by atoms with van der Waals surface area (Å²) >= 11 is 0. The predicted molar refractivity (Wildman–Crippen MR) is 148 cm³/mol. The Bertz CT molecular complexity index is 1130. The summed E-state index contributed by atoms with van der Waals surface area (Å²) in [4.78, 5) is 27.8. The molecule has 0 saturated heterocycles. The fraction of sp³-hybridized carbons (Fsp3) is 0.500. The molecule has 0 aliphatic rings. The summed E-state index contributed by atoms with van der Waals surface area (Å²) in [5.74, 6) is 0.252. The second-order valence-electron chi connectivity index (χ2n) is 9.37. The van der Waals surface area contributed by atoms with Crippen LogP contribution in [0.25, 0.3) is 0 Å². The maximum Gasteiger partial charge on any atom is 0.242 e. The third kappa shape index (κ3) is 9.39. The van der Waals surface area contributed by atoms with Crippen molar-refractivity contribution in [3.63, 3.8) is 0 Å². The number of nitrogens with zero attached hydrogens (tertiary/aromatic N) is 2. The first kappa shape index (κ1) is 30.2. The summed E-state index contributed by atoms with van der Waals surface area (Å²) in [6.45, 7) is 10.5. The van der Waals surface area contributed by atoms with Gasteiger partial charge in [0.25, 0.3) is 0 Å². The van der Waals surface area contributed by atoms with Crippen molar-refractivity contribution < 1.29 is 22.7 Å².